The maximum absolute atomic E-state index is 14.6. The van der Waals surface area contributed by atoms with E-state index in [-0.39, 0.29) is 42.4 Å². The molecular formula is C24H19F7N4O7. The van der Waals surface area contributed by atoms with Crippen LogP contribution in [0.15, 0.2) is 42.7 Å². The fourth-order valence-electron chi connectivity index (χ4n) is 3.71. The van der Waals surface area contributed by atoms with E-state index in [2.05, 4.69) is 25.0 Å². The third-order valence-corrected chi connectivity index (χ3v) is 5.42. The number of carbonyl (C=O) groups is 3. The molecule has 0 unspecified atom stereocenters. The number of esters is 1. The van der Waals surface area contributed by atoms with Crippen molar-refractivity contribution in [2.75, 3.05) is 13.2 Å². The number of hydrogen-bond donors (Lipinski definition) is 3. The van der Waals surface area contributed by atoms with Gasteiger partial charge in [0.15, 0.2) is 11.6 Å². The number of halogens is 7. The number of aromatic nitrogens is 3. The minimum atomic E-state index is -5.08. The maximum atomic E-state index is 14.6. The largest absolute Gasteiger partial charge is 0.573 e. The average molecular weight is 608 g/mol. The van der Waals surface area contributed by atoms with Gasteiger partial charge in [0.05, 0.1) is 19.4 Å². The van der Waals surface area contributed by atoms with Crippen LogP contribution in [-0.4, -0.2) is 63.7 Å². The second-order valence-electron chi connectivity index (χ2n) is 8.17. The van der Waals surface area contributed by atoms with Crippen molar-refractivity contribution in [2.24, 2.45) is 0 Å². The van der Waals surface area contributed by atoms with Gasteiger partial charge in [-0.1, -0.05) is 6.07 Å². The summed E-state index contributed by atoms with van der Waals surface area (Å²) in [5.41, 5.74) is -1.27. The maximum Gasteiger partial charge on any atom is 0.573 e. The first kappa shape index (κ1) is 31.6. The summed E-state index contributed by atoms with van der Waals surface area (Å²) in [6.07, 6.45) is -7.55. The summed E-state index contributed by atoms with van der Waals surface area (Å²) in [5.74, 6) is -6.47. The minimum Gasteiger partial charge on any atom is -0.491 e. The van der Waals surface area contributed by atoms with Gasteiger partial charge in [-0.3, -0.25) is 9.78 Å². The Bertz CT molecular complexity index is 1460. The Morgan fingerprint density at radius 3 is 2.43 bits per heavy atom. The number of nitrogens with one attached hydrogen (secondary N) is 2. The highest BCUT2D eigenvalue weighted by Crippen LogP contribution is 2.42. The standard InChI is InChI=1S/C22H18F4N4O5.C2HF3O2/c1-2-33-20(32)18-28-11-14(29-18)19(31)30-21(7-9-34-16-4-3-8-27-17(16)21)12-5-6-15(13(23)10-12)35-22(24,25)26;3-2(4,5)1(6)7/h3-6,8,10-11H,2,7,9H2,1H3,(H,28,29)(H,30,31);(H,6,7)/t21-;/m0./s1. The SMILES string of the molecule is CCOC(=O)c1ncc(C(=O)N[C@]2(c3ccc(OC(F)(F)F)c(F)c3)CCOc3cccnc32)[nH]1.O=C(O)C(F)(F)F. The number of benzene rings is 1. The molecule has 0 saturated heterocycles. The molecule has 3 heterocycles. The zero-order valence-corrected chi connectivity index (χ0v) is 21.1. The molecule has 1 aliphatic rings. The lowest BCUT2D eigenvalue weighted by molar-refractivity contribution is -0.275. The monoisotopic (exact) mass is 608 g/mol. The predicted octanol–water partition coefficient (Wildman–Crippen LogP) is 4.11. The van der Waals surface area contributed by atoms with E-state index in [0.717, 1.165) is 18.3 Å². The summed E-state index contributed by atoms with van der Waals surface area (Å²) >= 11 is 0. The van der Waals surface area contributed by atoms with Gasteiger partial charge >= 0.3 is 24.5 Å². The van der Waals surface area contributed by atoms with Crippen LogP contribution in [0.25, 0.3) is 0 Å². The number of aromatic amines is 1. The fraction of sp³-hybridized carbons (Fsp3) is 0.292. The molecule has 3 aromatic rings. The molecule has 226 valence electrons. The third kappa shape index (κ3) is 7.43. The number of hydrogen-bond acceptors (Lipinski definition) is 8. The van der Waals surface area contributed by atoms with E-state index >= 15 is 0 Å². The smallest absolute Gasteiger partial charge is 0.491 e. The zero-order chi connectivity index (χ0) is 31.3. The van der Waals surface area contributed by atoms with E-state index in [1.54, 1.807) is 19.1 Å². The summed E-state index contributed by atoms with van der Waals surface area (Å²) in [6, 6.07) is 6.04. The number of rotatable bonds is 6. The van der Waals surface area contributed by atoms with Gasteiger partial charge in [0.25, 0.3) is 5.91 Å². The first-order chi connectivity index (χ1) is 19.6. The molecule has 11 nitrogen and oxygen atoms in total. The molecule has 42 heavy (non-hydrogen) atoms. The molecule has 4 rings (SSSR count). The third-order valence-electron chi connectivity index (χ3n) is 5.42. The topological polar surface area (TPSA) is 153 Å². The Hall–Kier alpha value is -4.90. The van der Waals surface area contributed by atoms with Crippen molar-refractivity contribution in [3.8, 4) is 11.5 Å². The van der Waals surface area contributed by atoms with E-state index in [4.69, 9.17) is 19.4 Å². The lowest BCUT2D eigenvalue weighted by Gasteiger charge is -2.38. The molecule has 1 atom stereocenters. The highest BCUT2D eigenvalue weighted by molar-refractivity contribution is 5.95. The van der Waals surface area contributed by atoms with E-state index < -0.39 is 47.5 Å². The van der Waals surface area contributed by atoms with Crippen molar-refractivity contribution in [3.05, 3.63) is 71.3 Å². The molecule has 2 aromatic heterocycles. The summed E-state index contributed by atoms with van der Waals surface area (Å²) in [7, 11) is 0. The molecule has 0 aliphatic carbocycles. The number of aliphatic carboxylic acids is 1. The minimum absolute atomic E-state index is 0.0700. The Morgan fingerprint density at radius 1 is 1.14 bits per heavy atom. The molecule has 0 fully saturated rings. The van der Waals surface area contributed by atoms with Crippen LogP contribution in [0, 0.1) is 5.82 Å². The molecular weight excluding hydrogens is 589 g/mol. The number of ether oxygens (including phenoxy) is 3. The van der Waals surface area contributed by atoms with Gasteiger partial charge in [0.1, 0.15) is 22.7 Å². The second-order valence-corrected chi connectivity index (χ2v) is 8.17. The van der Waals surface area contributed by atoms with Crippen LogP contribution in [0.2, 0.25) is 0 Å². The molecule has 3 N–H and O–H groups in total. The number of H-pyrrole nitrogens is 1. The Labute approximate surface area is 230 Å². The van der Waals surface area contributed by atoms with Crippen LogP contribution in [0.1, 0.15) is 45.7 Å². The number of alkyl halides is 6. The van der Waals surface area contributed by atoms with Gasteiger partial charge in [0.2, 0.25) is 5.82 Å². The molecule has 0 radical (unpaired) electrons. The Kier molecular flexibility index (Phi) is 9.27. The summed E-state index contributed by atoms with van der Waals surface area (Å²) in [4.78, 5) is 44.6. The number of carbonyl (C=O) groups excluding carboxylic acids is 2. The lowest BCUT2D eigenvalue weighted by Crippen LogP contribution is -2.50. The van der Waals surface area contributed by atoms with Crippen LogP contribution >= 0.6 is 0 Å². The highest BCUT2D eigenvalue weighted by Gasteiger charge is 2.44. The zero-order valence-electron chi connectivity index (χ0n) is 21.1. The summed E-state index contributed by atoms with van der Waals surface area (Å²) in [5, 5.41) is 9.89. The molecule has 18 heteroatoms. The highest BCUT2D eigenvalue weighted by atomic mass is 19.4. The molecule has 1 aromatic carbocycles. The van der Waals surface area contributed by atoms with Crippen molar-refractivity contribution in [1.29, 1.82) is 0 Å². The lowest BCUT2D eigenvalue weighted by atomic mass is 9.81. The number of imidazole rings is 1. The first-order valence-corrected chi connectivity index (χ1v) is 11.6. The number of carboxylic acids is 1. The molecule has 0 bridgehead atoms. The van der Waals surface area contributed by atoms with Crippen LogP contribution in [0.5, 0.6) is 11.5 Å². The van der Waals surface area contributed by atoms with E-state index in [0.29, 0.717) is 5.75 Å². The first-order valence-electron chi connectivity index (χ1n) is 11.6. The van der Waals surface area contributed by atoms with Crippen molar-refractivity contribution in [1.82, 2.24) is 20.3 Å². The van der Waals surface area contributed by atoms with Gasteiger partial charge in [-0.25, -0.2) is 19.0 Å². The summed E-state index contributed by atoms with van der Waals surface area (Å²) < 4.78 is 98.4. The number of amides is 1. The van der Waals surface area contributed by atoms with Crippen molar-refractivity contribution in [2.45, 2.75) is 31.4 Å². The normalized spacial score (nSPS) is 16.2. The summed E-state index contributed by atoms with van der Waals surface area (Å²) in [6.45, 7) is 1.79. The van der Waals surface area contributed by atoms with Crippen LogP contribution in [-0.2, 0) is 15.1 Å². The van der Waals surface area contributed by atoms with E-state index in [9.17, 15) is 40.3 Å². The van der Waals surface area contributed by atoms with Crippen molar-refractivity contribution < 1.29 is 64.4 Å². The van der Waals surface area contributed by atoms with Gasteiger partial charge in [-0.15, -0.1) is 13.2 Å². The van der Waals surface area contributed by atoms with Gasteiger partial charge in [-0.05, 0) is 36.8 Å². The number of carboxylic acid groups (broad SMARTS) is 1. The van der Waals surface area contributed by atoms with Gasteiger partial charge in [-0.2, -0.15) is 13.2 Å². The quantitative estimate of drug-likeness (QED) is 0.277. The molecule has 0 saturated carbocycles. The van der Waals surface area contributed by atoms with Crippen molar-refractivity contribution >= 4 is 17.8 Å². The number of pyridine rings is 1. The van der Waals surface area contributed by atoms with Crippen LogP contribution in [0.4, 0.5) is 30.7 Å². The average Bonchev–Trinajstić information content (AvgIpc) is 3.40. The fourth-order valence-corrected chi connectivity index (χ4v) is 3.71. The van der Waals surface area contributed by atoms with Crippen LogP contribution < -0.4 is 14.8 Å². The number of nitrogens with zero attached hydrogens (tertiary/aromatic N) is 2. The molecule has 1 amide bonds. The van der Waals surface area contributed by atoms with Gasteiger partial charge < -0.3 is 29.6 Å². The number of fused-ring (bicyclic) bond motifs is 1. The van der Waals surface area contributed by atoms with E-state index in [1.807, 2.05) is 0 Å². The van der Waals surface area contributed by atoms with Crippen molar-refractivity contribution in [3.63, 3.8) is 0 Å². The molecule has 1 aliphatic heterocycles. The second kappa shape index (κ2) is 12.3. The van der Waals surface area contributed by atoms with Crippen LogP contribution in [0.3, 0.4) is 0 Å². The molecule has 0 spiro atoms. The predicted molar refractivity (Wildman–Crippen MR) is 124 cm³/mol. The van der Waals surface area contributed by atoms with E-state index in [1.165, 1.54) is 12.3 Å². The van der Waals surface area contributed by atoms with Gasteiger partial charge in [0, 0.05) is 12.6 Å². The Balaban J connectivity index is 0.000000616. The Morgan fingerprint density at radius 2 is 1.83 bits per heavy atom.